The molecule has 0 spiro atoms. The van der Waals surface area contributed by atoms with E-state index in [0.717, 1.165) is 12.0 Å². The van der Waals surface area contributed by atoms with Crippen LogP contribution >= 0.6 is 0 Å². The van der Waals surface area contributed by atoms with Crippen molar-refractivity contribution in [3.05, 3.63) is 35.9 Å². The molecule has 1 aromatic rings. The first kappa shape index (κ1) is 24.6. The molecule has 0 aliphatic rings. The predicted octanol–water partition coefficient (Wildman–Crippen LogP) is 2.53. The third-order valence-corrected chi connectivity index (χ3v) is 5.11. The molecule has 0 heterocycles. The Morgan fingerprint density at radius 2 is 1.69 bits per heavy atom. The van der Waals surface area contributed by atoms with E-state index in [1.54, 1.807) is 6.92 Å². The van der Waals surface area contributed by atoms with E-state index in [2.05, 4.69) is 10.6 Å². The van der Waals surface area contributed by atoms with Gasteiger partial charge in [-0.15, -0.1) is 0 Å². The molecule has 0 aliphatic carbocycles. The number of hydroxylamine groups is 2. The Hall–Kier alpha value is -2.41. The lowest BCUT2D eigenvalue weighted by Gasteiger charge is -2.34. The zero-order valence-corrected chi connectivity index (χ0v) is 18.4. The van der Waals surface area contributed by atoms with Gasteiger partial charge in [-0.25, -0.2) is 5.06 Å². The molecule has 162 valence electrons. The SMILES string of the molecule is CNC(=O)[C@@H](NC(=O)[C@H](CCCc1ccccc1)[C@H](C)N(O)C(C)=O)C(C)(C)C. The summed E-state index contributed by atoms with van der Waals surface area (Å²) in [6, 6.07) is 8.47. The van der Waals surface area contributed by atoms with Crippen molar-refractivity contribution in [3.63, 3.8) is 0 Å². The highest BCUT2D eigenvalue weighted by Crippen LogP contribution is 2.23. The Bertz CT molecular complexity index is 685. The molecule has 3 atom stereocenters. The standard InChI is InChI=1S/C22H35N3O4/c1-15(25(29)16(2)26)18(14-10-13-17-11-8-7-9-12-17)20(27)24-19(21(28)23-6)22(3,4)5/h7-9,11-12,15,18-19,29H,10,13-14H2,1-6H3,(H,23,28)(H,24,27)/t15-,18+,19+/m0/s1. The molecule has 3 amide bonds. The van der Waals surface area contributed by atoms with Gasteiger partial charge in [-0.3, -0.25) is 19.6 Å². The minimum absolute atomic E-state index is 0.283. The summed E-state index contributed by atoms with van der Waals surface area (Å²) in [5, 5.41) is 16.1. The number of carbonyl (C=O) groups excluding carboxylic acids is 3. The number of carbonyl (C=O) groups is 3. The Labute approximate surface area is 173 Å². The van der Waals surface area contributed by atoms with Gasteiger partial charge < -0.3 is 10.6 Å². The molecule has 3 N–H and O–H groups in total. The number of hydrogen-bond donors (Lipinski definition) is 3. The zero-order chi connectivity index (χ0) is 22.2. The maximum absolute atomic E-state index is 13.1. The molecule has 0 fully saturated rings. The van der Waals surface area contributed by atoms with Crippen LogP contribution in [0.3, 0.4) is 0 Å². The van der Waals surface area contributed by atoms with Gasteiger partial charge >= 0.3 is 0 Å². The smallest absolute Gasteiger partial charge is 0.243 e. The van der Waals surface area contributed by atoms with Crippen molar-refractivity contribution in [2.75, 3.05) is 7.05 Å². The van der Waals surface area contributed by atoms with Crippen molar-refractivity contribution < 1.29 is 19.6 Å². The Morgan fingerprint density at radius 3 is 2.17 bits per heavy atom. The first-order valence-electron chi connectivity index (χ1n) is 10.0. The molecule has 0 saturated carbocycles. The van der Waals surface area contributed by atoms with E-state index in [4.69, 9.17) is 0 Å². The topological polar surface area (TPSA) is 98.7 Å². The fourth-order valence-corrected chi connectivity index (χ4v) is 3.29. The van der Waals surface area contributed by atoms with Gasteiger partial charge in [0.05, 0.1) is 12.0 Å². The molecule has 7 nitrogen and oxygen atoms in total. The Morgan fingerprint density at radius 1 is 1.10 bits per heavy atom. The highest BCUT2D eigenvalue weighted by molar-refractivity contribution is 5.89. The number of hydrogen-bond acceptors (Lipinski definition) is 4. The third-order valence-electron chi connectivity index (χ3n) is 5.11. The van der Waals surface area contributed by atoms with Crippen LogP contribution in [0.15, 0.2) is 30.3 Å². The van der Waals surface area contributed by atoms with Gasteiger partial charge in [0.25, 0.3) is 0 Å². The quantitative estimate of drug-likeness (QED) is 0.434. The first-order chi connectivity index (χ1) is 13.5. The maximum atomic E-state index is 13.1. The molecule has 0 aliphatic heterocycles. The van der Waals surface area contributed by atoms with Gasteiger partial charge in [0.2, 0.25) is 17.7 Å². The molecular formula is C22H35N3O4. The van der Waals surface area contributed by atoms with E-state index in [1.807, 2.05) is 51.1 Å². The molecule has 7 heteroatoms. The molecule has 0 aromatic heterocycles. The minimum Gasteiger partial charge on any atom is -0.357 e. The number of rotatable bonds is 9. The van der Waals surface area contributed by atoms with Gasteiger partial charge in [-0.05, 0) is 37.2 Å². The third kappa shape index (κ3) is 7.49. The fourth-order valence-electron chi connectivity index (χ4n) is 3.29. The van der Waals surface area contributed by atoms with Crippen molar-refractivity contribution >= 4 is 17.7 Å². The van der Waals surface area contributed by atoms with Gasteiger partial charge in [-0.2, -0.15) is 0 Å². The summed E-state index contributed by atoms with van der Waals surface area (Å²) in [5.41, 5.74) is 0.664. The van der Waals surface area contributed by atoms with Crippen molar-refractivity contribution in [2.24, 2.45) is 11.3 Å². The van der Waals surface area contributed by atoms with Crippen LogP contribution in [-0.2, 0) is 20.8 Å². The number of benzene rings is 1. The van der Waals surface area contributed by atoms with Crippen molar-refractivity contribution in [3.8, 4) is 0 Å². The van der Waals surface area contributed by atoms with Crippen molar-refractivity contribution in [1.29, 1.82) is 0 Å². The molecule has 1 aromatic carbocycles. The lowest BCUT2D eigenvalue weighted by Crippen LogP contribution is -2.56. The van der Waals surface area contributed by atoms with E-state index in [1.165, 1.54) is 14.0 Å². The van der Waals surface area contributed by atoms with Crippen LogP contribution in [0.5, 0.6) is 0 Å². The lowest BCUT2D eigenvalue weighted by atomic mass is 9.84. The largest absolute Gasteiger partial charge is 0.357 e. The second kappa shape index (κ2) is 11.0. The van der Waals surface area contributed by atoms with Gasteiger partial charge in [0, 0.05) is 14.0 Å². The van der Waals surface area contributed by atoms with Gasteiger partial charge in [0.15, 0.2) is 0 Å². The summed E-state index contributed by atoms with van der Waals surface area (Å²) in [6.45, 7) is 8.50. The number of nitrogens with one attached hydrogen (secondary N) is 2. The summed E-state index contributed by atoms with van der Waals surface area (Å²) in [5.74, 6) is -1.82. The summed E-state index contributed by atoms with van der Waals surface area (Å²) >= 11 is 0. The van der Waals surface area contributed by atoms with E-state index in [9.17, 15) is 19.6 Å². The number of aryl methyl sites for hydroxylation is 1. The Balaban J connectivity index is 2.97. The summed E-state index contributed by atoms with van der Waals surface area (Å²) in [7, 11) is 1.53. The lowest BCUT2D eigenvalue weighted by molar-refractivity contribution is -0.178. The van der Waals surface area contributed by atoms with Crippen LogP contribution in [0.4, 0.5) is 0 Å². The summed E-state index contributed by atoms with van der Waals surface area (Å²) in [6.07, 6.45) is 1.95. The molecule has 0 saturated heterocycles. The van der Waals surface area contributed by atoms with Crippen LogP contribution in [0, 0.1) is 11.3 Å². The van der Waals surface area contributed by atoms with E-state index in [-0.39, 0.29) is 11.8 Å². The number of nitrogens with zero attached hydrogens (tertiary/aromatic N) is 1. The summed E-state index contributed by atoms with van der Waals surface area (Å²) in [4.78, 5) is 37.0. The van der Waals surface area contributed by atoms with Crippen molar-refractivity contribution in [1.82, 2.24) is 15.7 Å². The normalized spacial score (nSPS) is 14.4. The average Bonchev–Trinajstić information content (AvgIpc) is 2.67. The predicted molar refractivity (Wildman–Crippen MR) is 112 cm³/mol. The Kier molecular flexibility index (Phi) is 9.30. The number of amides is 3. The maximum Gasteiger partial charge on any atom is 0.243 e. The molecule has 0 unspecified atom stereocenters. The molecule has 1 rings (SSSR count). The van der Waals surface area contributed by atoms with Crippen LogP contribution in [-0.4, -0.2) is 47.1 Å². The zero-order valence-electron chi connectivity index (χ0n) is 18.4. The van der Waals surface area contributed by atoms with Crippen LogP contribution in [0.2, 0.25) is 0 Å². The highest BCUT2D eigenvalue weighted by atomic mass is 16.5. The molecule has 29 heavy (non-hydrogen) atoms. The first-order valence-corrected chi connectivity index (χ1v) is 10.0. The summed E-state index contributed by atoms with van der Waals surface area (Å²) < 4.78 is 0. The molecule has 0 bridgehead atoms. The van der Waals surface area contributed by atoms with E-state index in [0.29, 0.717) is 17.9 Å². The van der Waals surface area contributed by atoms with Crippen LogP contribution < -0.4 is 10.6 Å². The number of likely N-dealkylation sites (N-methyl/N-ethyl adjacent to an activating group) is 1. The molecule has 0 radical (unpaired) electrons. The van der Waals surface area contributed by atoms with E-state index < -0.39 is 29.3 Å². The second-order valence-corrected chi connectivity index (χ2v) is 8.51. The fraction of sp³-hybridized carbons (Fsp3) is 0.591. The van der Waals surface area contributed by atoms with E-state index >= 15 is 0 Å². The monoisotopic (exact) mass is 405 g/mol. The second-order valence-electron chi connectivity index (χ2n) is 8.51. The van der Waals surface area contributed by atoms with Crippen LogP contribution in [0.1, 0.15) is 53.0 Å². The van der Waals surface area contributed by atoms with Crippen molar-refractivity contribution in [2.45, 2.75) is 66.0 Å². The van der Waals surface area contributed by atoms with Gasteiger partial charge in [-0.1, -0.05) is 51.1 Å². The highest BCUT2D eigenvalue weighted by Gasteiger charge is 2.36. The average molecular weight is 406 g/mol. The molecular weight excluding hydrogens is 370 g/mol. The van der Waals surface area contributed by atoms with Crippen LogP contribution in [0.25, 0.3) is 0 Å². The minimum atomic E-state index is -0.728. The van der Waals surface area contributed by atoms with Gasteiger partial charge in [0.1, 0.15) is 6.04 Å².